The van der Waals surface area contributed by atoms with E-state index in [-0.39, 0.29) is 6.04 Å². The average Bonchev–Trinajstić information content (AvgIpc) is 2.44. The van der Waals surface area contributed by atoms with Crippen LogP contribution in [-0.2, 0) is 12.8 Å². The van der Waals surface area contributed by atoms with Crippen LogP contribution in [0.4, 0.5) is 0 Å². The van der Waals surface area contributed by atoms with Crippen molar-refractivity contribution in [3.63, 3.8) is 0 Å². The molecule has 0 radical (unpaired) electrons. The Kier molecular flexibility index (Phi) is 3.34. The van der Waals surface area contributed by atoms with Crippen molar-refractivity contribution < 1.29 is 0 Å². The summed E-state index contributed by atoms with van der Waals surface area (Å²) in [5.41, 5.74) is 11.7. The van der Waals surface area contributed by atoms with Crippen molar-refractivity contribution in [3.05, 3.63) is 65.0 Å². The zero-order valence-corrected chi connectivity index (χ0v) is 11.3. The van der Waals surface area contributed by atoms with Crippen LogP contribution < -0.4 is 5.73 Å². The SMILES string of the molecule is CCc1cccnc1C(N)CC1Cc2ccccc21. The summed E-state index contributed by atoms with van der Waals surface area (Å²) in [5.74, 6) is 0.609. The van der Waals surface area contributed by atoms with Crippen molar-refractivity contribution in [2.45, 2.75) is 38.1 Å². The van der Waals surface area contributed by atoms with Gasteiger partial charge in [-0.15, -0.1) is 0 Å². The Hall–Kier alpha value is -1.67. The maximum Gasteiger partial charge on any atom is 0.0602 e. The molecular formula is C17H20N2. The van der Waals surface area contributed by atoms with E-state index in [2.05, 4.69) is 42.2 Å². The van der Waals surface area contributed by atoms with Crippen LogP contribution in [0.1, 0.15) is 47.7 Å². The summed E-state index contributed by atoms with van der Waals surface area (Å²) < 4.78 is 0. The van der Waals surface area contributed by atoms with E-state index < -0.39 is 0 Å². The number of nitrogens with zero attached hydrogens (tertiary/aromatic N) is 1. The van der Waals surface area contributed by atoms with Gasteiger partial charge in [-0.2, -0.15) is 0 Å². The van der Waals surface area contributed by atoms with Gasteiger partial charge in [0.05, 0.1) is 5.69 Å². The molecule has 19 heavy (non-hydrogen) atoms. The van der Waals surface area contributed by atoms with Gasteiger partial charge in [0.1, 0.15) is 0 Å². The number of benzene rings is 1. The van der Waals surface area contributed by atoms with Crippen LogP contribution >= 0.6 is 0 Å². The number of aryl methyl sites for hydroxylation is 1. The van der Waals surface area contributed by atoms with E-state index >= 15 is 0 Å². The van der Waals surface area contributed by atoms with E-state index in [0.29, 0.717) is 5.92 Å². The number of hydrogen-bond donors (Lipinski definition) is 1. The third-order valence-corrected chi connectivity index (χ3v) is 4.16. The van der Waals surface area contributed by atoms with Gasteiger partial charge >= 0.3 is 0 Å². The van der Waals surface area contributed by atoms with E-state index in [9.17, 15) is 0 Å². The van der Waals surface area contributed by atoms with Gasteiger partial charge in [0.2, 0.25) is 0 Å². The lowest BCUT2D eigenvalue weighted by Crippen LogP contribution is -2.24. The van der Waals surface area contributed by atoms with Crippen LogP contribution in [0.2, 0.25) is 0 Å². The molecule has 2 heteroatoms. The summed E-state index contributed by atoms with van der Waals surface area (Å²) in [6.07, 6.45) is 5.01. The van der Waals surface area contributed by atoms with Gasteiger partial charge in [0.15, 0.2) is 0 Å². The first-order chi connectivity index (χ1) is 9.29. The summed E-state index contributed by atoms with van der Waals surface area (Å²) in [5, 5.41) is 0. The molecule has 2 nitrogen and oxygen atoms in total. The second-order valence-electron chi connectivity index (χ2n) is 5.34. The molecule has 0 bridgehead atoms. The monoisotopic (exact) mass is 252 g/mol. The molecular weight excluding hydrogens is 232 g/mol. The van der Waals surface area contributed by atoms with Crippen molar-refractivity contribution >= 4 is 0 Å². The predicted octanol–water partition coefficient (Wildman–Crippen LogP) is 3.37. The third kappa shape index (κ3) is 2.28. The molecule has 98 valence electrons. The van der Waals surface area contributed by atoms with E-state index in [4.69, 9.17) is 5.73 Å². The van der Waals surface area contributed by atoms with Crippen LogP contribution in [-0.4, -0.2) is 4.98 Å². The molecule has 0 aliphatic heterocycles. The number of rotatable bonds is 4. The lowest BCUT2D eigenvalue weighted by atomic mass is 9.74. The Morgan fingerprint density at radius 2 is 2.11 bits per heavy atom. The normalized spacial score (nSPS) is 18.5. The fourth-order valence-electron chi connectivity index (χ4n) is 3.07. The Labute approximate surface area is 114 Å². The molecule has 0 saturated heterocycles. The Morgan fingerprint density at radius 1 is 1.26 bits per heavy atom. The highest BCUT2D eigenvalue weighted by Gasteiger charge is 2.28. The van der Waals surface area contributed by atoms with Gasteiger partial charge in [0.25, 0.3) is 0 Å². The molecule has 0 fully saturated rings. The second kappa shape index (κ2) is 5.14. The highest BCUT2D eigenvalue weighted by Crippen LogP contribution is 2.40. The van der Waals surface area contributed by atoms with Crippen LogP contribution in [0.15, 0.2) is 42.6 Å². The first kappa shape index (κ1) is 12.4. The Morgan fingerprint density at radius 3 is 2.89 bits per heavy atom. The largest absolute Gasteiger partial charge is 0.323 e. The Bertz CT molecular complexity index is 577. The van der Waals surface area contributed by atoms with Crippen LogP contribution in [0, 0.1) is 0 Å². The van der Waals surface area contributed by atoms with Crippen LogP contribution in [0.5, 0.6) is 0 Å². The molecule has 2 atom stereocenters. The predicted molar refractivity (Wildman–Crippen MR) is 78.0 cm³/mol. The minimum atomic E-state index is 0.0505. The first-order valence-corrected chi connectivity index (χ1v) is 7.06. The molecule has 0 saturated carbocycles. The minimum absolute atomic E-state index is 0.0505. The summed E-state index contributed by atoms with van der Waals surface area (Å²) in [6.45, 7) is 2.16. The molecule has 1 aromatic carbocycles. The van der Waals surface area contributed by atoms with Gasteiger partial charge in [-0.05, 0) is 47.9 Å². The summed E-state index contributed by atoms with van der Waals surface area (Å²) in [4.78, 5) is 4.49. The Balaban J connectivity index is 1.75. The van der Waals surface area contributed by atoms with Gasteiger partial charge in [0, 0.05) is 12.2 Å². The van der Waals surface area contributed by atoms with Crippen LogP contribution in [0.3, 0.4) is 0 Å². The fraction of sp³-hybridized carbons (Fsp3) is 0.353. The minimum Gasteiger partial charge on any atom is -0.323 e. The number of pyridine rings is 1. The molecule has 2 aromatic rings. The van der Waals surface area contributed by atoms with E-state index in [1.807, 2.05) is 12.3 Å². The van der Waals surface area contributed by atoms with Crippen molar-refractivity contribution in [3.8, 4) is 0 Å². The first-order valence-electron chi connectivity index (χ1n) is 7.06. The molecule has 1 aromatic heterocycles. The fourth-order valence-corrected chi connectivity index (χ4v) is 3.07. The van der Waals surface area contributed by atoms with Crippen LogP contribution in [0.25, 0.3) is 0 Å². The maximum atomic E-state index is 6.38. The lowest BCUT2D eigenvalue weighted by molar-refractivity contribution is 0.490. The van der Waals surface area contributed by atoms with Crippen molar-refractivity contribution in [1.29, 1.82) is 0 Å². The topological polar surface area (TPSA) is 38.9 Å². The molecule has 2 unspecified atom stereocenters. The third-order valence-electron chi connectivity index (χ3n) is 4.16. The van der Waals surface area contributed by atoms with E-state index in [1.165, 1.54) is 16.7 Å². The van der Waals surface area contributed by atoms with Crippen molar-refractivity contribution in [2.75, 3.05) is 0 Å². The zero-order valence-electron chi connectivity index (χ0n) is 11.3. The lowest BCUT2D eigenvalue weighted by Gasteiger charge is -2.32. The maximum absolute atomic E-state index is 6.38. The number of aromatic nitrogens is 1. The highest BCUT2D eigenvalue weighted by atomic mass is 14.8. The van der Waals surface area contributed by atoms with Gasteiger partial charge in [-0.1, -0.05) is 37.3 Å². The molecule has 1 aliphatic carbocycles. The van der Waals surface area contributed by atoms with E-state index in [0.717, 1.165) is 25.0 Å². The number of fused-ring (bicyclic) bond motifs is 1. The molecule has 0 amide bonds. The van der Waals surface area contributed by atoms with Crippen molar-refractivity contribution in [1.82, 2.24) is 4.98 Å². The molecule has 2 N–H and O–H groups in total. The highest BCUT2D eigenvalue weighted by molar-refractivity contribution is 5.40. The molecule has 1 heterocycles. The summed E-state index contributed by atoms with van der Waals surface area (Å²) >= 11 is 0. The zero-order chi connectivity index (χ0) is 13.2. The van der Waals surface area contributed by atoms with Gasteiger partial charge < -0.3 is 5.73 Å². The molecule has 0 spiro atoms. The average molecular weight is 252 g/mol. The molecule has 3 rings (SSSR count). The standard InChI is InChI=1S/C17H20N2/c1-2-12-7-5-9-19-17(12)16(18)11-14-10-13-6-3-4-8-15(13)14/h3-9,14,16H,2,10-11,18H2,1H3. The second-order valence-corrected chi connectivity index (χ2v) is 5.34. The smallest absolute Gasteiger partial charge is 0.0602 e. The number of nitrogens with two attached hydrogens (primary N) is 1. The summed E-state index contributed by atoms with van der Waals surface area (Å²) in [7, 11) is 0. The van der Waals surface area contributed by atoms with Gasteiger partial charge in [-0.3, -0.25) is 4.98 Å². The van der Waals surface area contributed by atoms with Gasteiger partial charge in [-0.25, -0.2) is 0 Å². The van der Waals surface area contributed by atoms with E-state index in [1.54, 1.807) is 0 Å². The van der Waals surface area contributed by atoms with Crippen molar-refractivity contribution in [2.24, 2.45) is 5.73 Å². The quantitative estimate of drug-likeness (QED) is 0.906. The molecule has 1 aliphatic rings. The number of hydrogen-bond acceptors (Lipinski definition) is 2. The summed E-state index contributed by atoms with van der Waals surface area (Å²) in [6, 6.07) is 12.9.